The molecule has 1 aliphatic heterocycles. The molecule has 214 valence electrons. The number of benzene rings is 3. The van der Waals surface area contributed by atoms with Crippen LogP contribution in [0.15, 0.2) is 78.9 Å². The maximum Gasteiger partial charge on any atom is 0.415 e. The van der Waals surface area contributed by atoms with Crippen molar-refractivity contribution in [1.29, 1.82) is 0 Å². The minimum absolute atomic E-state index is 0.153. The highest BCUT2D eigenvalue weighted by atomic mass is 16.6. The smallest absolute Gasteiger partial charge is 0.410 e. The second-order valence-electron chi connectivity index (χ2n) is 10.8. The Balaban J connectivity index is 1.55. The minimum atomic E-state index is -0.489. The number of aryl methyl sites for hydroxylation is 1. The van der Waals surface area contributed by atoms with Gasteiger partial charge in [-0.1, -0.05) is 67.6 Å². The summed E-state index contributed by atoms with van der Waals surface area (Å²) in [5, 5.41) is 11.2. The number of ether oxygens (including phenoxy) is 2. The third-order valence-electron chi connectivity index (χ3n) is 7.94. The van der Waals surface area contributed by atoms with Gasteiger partial charge in [0.1, 0.15) is 11.4 Å². The summed E-state index contributed by atoms with van der Waals surface area (Å²) in [6, 6.07) is 24.5. The summed E-state index contributed by atoms with van der Waals surface area (Å²) in [6.45, 7) is 4.59. The van der Waals surface area contributed by atoms with Gasteiger partial charge in [-0.2, -0.15) is 0 Å². The fraction of sp³-hybridized carbons (Fsp3) is 0.333. The van der Waals surface area contributed by atoms with Crippen molar-refractivity contribution >= 4 is 22.9 Å². The molecule has 0 spiro atoms. The number of rotatable bonds is 5. The molecule has 0 unspecified atom stereocenters. The molecule has 4 aromatic rings. The highest BCUT2D eigenvalue weighted by Crippen LogP contribution is 2.38. The Kier molecular flexibility index (Phi) is 8.42. The monoisotopic (exact) mass is 555 g/mol. The summed E-state index contributed by atoms with van der Waals surface area (Å²) in [5.41, 5.74) is 4.27. The van der Waals surface area contributed by atoms with Gasteiger partial charge >= 0.3 is 6.09 Å². The molecule has 2 amide bonds. The van der Waals surface area contributed by atoms with Crippen molar-refractivity contribution in [3.8, 4) is 16.9 Å². The van der Waals surface area contributed by atoms with Crippen molar-refractivity contribution in [2.75, 3.05) is 26.7 Å². The van der Waals surface area contributed by atoms with Crippen molar-refractivity contribution in [3.05, 3.63) is 90.1 Å². The summed E-state index contributed by atoms with van der Waals surface area (Å²) in [6.07, 6.45) is -0.896. The molecule has 2 heterocycles. The highest BCUT2D eigenvalue weighted by molar-refractivity contribution is 6.10. The molecule has 5 rings (SSSR count). The number of para-hydroxylation sites is 2. The Morgan fingerprint density at radius 1 is 1.07 bits per heavy atom. The Bertz CT molecular complexity index is 1530. The summed E-state index contributed by atoms with van der Waals surface area (Å²) in [5.74, 6) is 0.149. The number of aliphatic hydroxyl groups is 1. The first-order chi connectivity index (χ1) is 19.8. The molecule has 1 aliphatic rings. The molecule has 0 saturated heterocycles. The van der Waals surface area contributed by atoms with Crippen molar-refractivity contribution in [1.82, 2.24) is 14.4 Å². The van der Waals surface area contributed by atoms with Crippen LogP contribution in [0.5, 0.6) is 5.75 Å². The third kappa shape index (κ3) is 5.71. The lowest BCUT2D eigenvalue weighted by molar-refractivity contribution is -0.0206. The van der Waals surface area contributed by atoms with Crippen molar-refractivity contribution in [3.63, 3.8) is 0 Å². The second kappa shape index (κ2) is 12.2. The van der Waals surface area contributed by atoms with Crippen LogP contribution in [0.3, 0.4) is 0 Å². The zero-order valence-electron chi connectivity index (χ0n) is 24.0. The zero-order chi connectivity index (χ0) is 29.1. The summed E-state index contributed by atoms with van der Waals surface area (Å²) < 4.78 is 14.1. The van der Waals surface area contributed by atoms with E-state index in [1.165, 1.54) is 4.90 Å². The molecule has 1 aromatic heterocycles. The molecule has 0 saturated carbocycles. The third-order valence-corrected chi connectivity index (χ3v) is 7.94. The average molecular weight is 556 g/mol. The van der Waals surface area contributed by atoms with E-state index in [0.717, 1.165) is 27.6 Å². The van der Waals surface area contributed by atoms with Crippen LogP contribution in [-0.2, 0) is 18.4 Å². The van der Waals surface area contributed by atoms with E-state index < -0.39 is 18.2 Å². The van der Waals surface area contributed by atoms with Crippen molar-refractivity contribution < 1.29 is 24.2 Å². The first-order valence-corrected chi connectivity index (χ1v) is 14.0. The van der Waals surface area contributed by atoms with Crippen LogP contribution in [-0.4, -0.2) is 70.4 Å². The van der Waals surface area contributed by atoms with Gasteiger partial charge in [0, 0.05) is 43.0 Å². The number of hydrogen-bond donors (Lipinski definition) is 1. The van der Waals surface area contributed by atoms with E-state index >= 15 is 0 Å². The van der Waals surface area contributed by atoms with Gasteiger partial charge in [-0.15, -0.1) is 0 Å². The topological polar surface area (TPSA) is 84.2 Å². The maximum absolute atomic E-state index is 14.4. The molecule has 0 fully saturated rings. The number of aliphatic hydroxyl groups excluding tert-OH is 1. The molecular weight excluding hydrogens is 518 g/mol. The standard InChI is InChI=1S/C33H37N3O5/c1-22-18-36(23(2)20-37)32(38)31-30(27-16-10-11-17-28(27)35(31)4)26-15-9-8-12-24(26)21-40-29(22)19-34(3)33(39)41-25-13-6-5-7-14-25/h5-17,22-23,29,37H,18-21H2,1-4H3/t22-,23-,29+/m1/s1. The number of nitrogens with zero attached hydrogens (tertiary/aromatic N) is 3. The van der Waals surface area contributed by atoms with E-state index in [2.05, 4.69) is 0 Å². The number of carbonyl (C=O) groups is 2. The Hall–Kier alpha value is -4.14. The van der Waals surface area contributed by atoms with Crippen molar-refractivity contribution in [2.45, 2.75) is 32.6 Å². The van der Waals surface area contributed by atoms with Gasteiger partial charge in [-0.25, -0.2) is 4.79 Å². The van der Waals surface area contributed by atoms with E-state index in [4.69, 9.17) is 9.47 Å². The molecule has 8 heteroatoms. The number of hydrogen-bond acceptors (Lipinski definition) is 5. The first-order valence-electron chi connectivity index (χ1n) is 14.0. The molecule has 1 N–H and O–H groups in total. The van der Waals surface area contributed by atoms with Gasteiger partial charge in [0.25, 0.3) is 5.91 Å². The SMILES string of the molecule is C[C@@H]1CN([C@H](C)CO)C(=O)c2c(c3ccccc3n2C)-c2ccccc2CO[C@H]1CN(C)C(=O)Oc1ccccc1. The van der Waals surface area contributed by atoms with Gasteiger partial charge < -0.3 is 28.9 Å². The fourth-order valence-electron chi connectivity index (χ4n) is 5.54. The van der Waals surface area contributed by atoms with Crippen LogP contribution in [0.1, 0.15) is 29.9 Å². The van der Waals surface area contributed by atoms with Crippen molar-refractivity contribution in [2.24, 2.45) is 13.0 Å². The van der Waals surface area contributed by atoms with E-state index in [9.17, 15) is 14.7 Å². The van der Waals surface area contributed by atoms with Crippen LogP contribution in [0, 0.1) is 5.92 Å². The predicted molar refractivity (Wildman–Crippen MR) is 159 cm³/mol. The van der Waals surface area contributed by atoms with Gasteiger partial charge in [0.2, 0.25) is 0 Å². The van der Waals surface area contributed by atoms with E-state index in [1.807, 2.05) is 92.2 Å². The lowest BCUT2D eigenvalue weighted by atomic mass is 9.96. The average Bonchev–Trinajstić information content (AvgIpc) is 3.28. The highest BCUT2D eigenvalue weighted by Gasteiger charge is 2.34. The van der Waals surface area contributed by atoms with Gasteiger partial charge in [-0.05, 0) is 36.2 Å². The quantitative estimate of drug-likeness (QED) is 0.360. The van der Waals surface area contributed by atoms with E-state index in [-0.39, 0.29) is 25.0 Å². The number of aromatic nitrogens is 1. The lowest BCUT2D eigenvalue weighted by Crippen LogP contribution is -2.48. The molecule has 0 radical (unpaired) electrons. The molecule has 8 nitrogen and oxygen atoms in total. The number of fused-ring (bicyclic) bond motifs is 5. The molecule has 0 bridgehead atoms. The van der Waals surface area contributed by atoms with Crippen LogP contribution in [0.4, 0.5) is 4.79 Å². The summed E-state index contributed by atoms with van der Waals surface area (Å²) in [7, 11) is 3.60. The van der Waals surface area contributed by atoms with Crippen LogP contribution >= 0.6 is 0 Å². The molecule has 0 aliphatic carbocycles. The predicted octanol–water partition coefficient (Wildman–Crippen LogP) is 5.33. The molecule has 3 aromatic carbocycles. The normalized spacial score (nSPS) is 18.3. The Morgan fingerprint density at radius 3 is 2.51 bits per heavy atom. The maximum atomic E-state index is 14.4. The largest absolute Gasteiger partial charge is 0.415 e. The zero-order valence-corrected chi connectivity index (χ0v) is 24.0. The van der Waals surface area contributed by atoms with Gasteiger partial charge in [0.15, 0.2) is 0 Å². The lowest BCUT2D eigenvalue weighted by Gasteiger charge is -2.34. The number of amides is 2. The summed E-state index contributed by atoms with van der Waals surface area (Å²) >= 11 is 0. The minimum Gasteiger partial charge on any atom is -0.410 e. The number of likely N-dealkylation sites (N-methyl/N-ethyl adjacent to an activating group) is 1. The Morgan fingerprint density at radius 2 is 1.76 bits per heavy atom. The van der Waals surface area contributed by atoms with Crippen LogP contribution in [0.2, 0.25) is 0 Å². The Labute approximate surface area is 240 Å². The van der Waals surface area contributed by atoms with E-state index in [1.54, 1.807) is 24.1 Å². The van der Waals surface area contributed by atoms with E-state index in [0.29, 0.717) is 24.6 Å². The van der Waals surface area contributed by atoms with Gasteiger partial charge in [0.05, 0.1) is 31.9 Å². The second-order valence-corrected chi connectivity index (χ2v) is 10.8. The summed E-state index contributed by atoms with van der Waals surface area (Å²) in [4.78, 5) is 30.6. The molecule has 41 heavy (non-hydrogen) atoms. The van der Waals surface area contributed by atoms with Crippen LogP contribution in [0.25, 0.3) is 22.0 Å². The molecular formula is C33H37N3O5. The first kappa shape index (κ1) is 28.4. The van der Waals surface area contributed by atoms with Crippen LogP contribution < -0.4 is 4.74 Å². The fourth-order valence-corrected chi connectivity index (χ4v) is 5.54. The number of carbonyl (C=O) groups excluding carboxylic acids is 2. The van der Waals surface area contributed by atoms with Gasteiger partial charge in [-0.3, -0.25) is 4.79 Å². The molecule has 3 atom stereocenters.